The summed E-state index contributed by atoms with van der Waals surface area (Å²) in [7, 11) is 0. The van der Waals surface area contributed by atoms with Crippen molar-refractivity contribution < 1.29 is 22.8 Å². The number of carbonyl (C=O) groups excluding carboxylic acids is 2. The first-order valence-electron chi connectivity index (χ1n) is 6.83. The molecule has 2 N–H and O–H groups in total. The fourth-order valence-electron chi connectivity index (χ4n) is 1.76. The zero-order chi connectivity index (χ0) is 17.5. The molecular weight excluding hydrogens is 341 g/mol. The fourth-order valence-corrected chi connectivity index (χ4v) is 2.37. The molecule has 0 fully saturated rings. The Morgan fingerprint density at radius 2 is 1.50 bits per heavy atom. The molecule has 0 saturated carbocycles. The van der Waals surface area contributed by atoms with E-state index >= 15 is 0 Å². The van der Waals surface area contributed by atoms with Crippen molar-refractivity contribution in [2.24, 2.45) is 0 Å². The lowest BCUT2D eigenvalue weighted by atomic mass is 10.3. The normalized spacial score (nSPS) is 10.3. The van der Waals surface area contributed by atoms with E-state index in [-0.39, 0.29) is 22.9 Å². The molecule has 0 spiro atoms. The van der Waals surface area contributed by atoms with Crippen molar-refractivity contribution in [2.75, 3.05) is 22.1 Å². The first kappa shape index (κ1) is 17.9. The van der Waals surface area contributed by atoms with Crippen LogP contribution in [0, 0.1) is 17.5 Å². The summed E-state index contributed by atoms with van der Waals surface area (Å²) in [4.78, 5) is 23.3. The molecule has 0 aliphatic heterocycles. The highest BCUT2D eigenvalue weighted by Gasteiger charge is 2.09. The van der Waals surface area contributed by atoms with E-state index in [0.717, 1.165) is 23.9 Å². The average Bonchev–Trinajstić information content (AvgIpc) is 2.53. The smallest absolute Gasteiger partial charge is 0.234 e. The number of anilines is 2. The molecule has 0 saturated heterocycles. The van der Waals surface area contributed by atoms with Crippen LogP contribution in [0.25, 0.3) is 0 Å². The third-order valence-corrected chi connectivity index (χ3v) is 3.75. The fraction of sp³-hybridized carbons (Fsp3) is 0.125. The van der Waals surface area contributed by atoms with Gasteiger partial charge in [0.1, 0.15) is 5.82 Å². The Morgan fingerprint density at radius 1 is 0.833 bits per heavy atom. The highest BCUT2D eigenvalue weighted by molar-refractivity contribution is 8.00. The first-order valence-corrected chi connectivity index (χ1v) is 7.98. The van der Waals surface area contributed by atoms with Gasteiger partial charge in [-0.15, -0.1) is 11.8 Å². The Bertz CT molecular complexity index is 756. The van der Waals surface area contributed by atoms with Gasteiger partial charge < -0.3 is 10.6 Å². The third kappa shape index (κ3) is 5.31. The molecule has 0 radical (unpaired) electrons. The van der Waals surface area contributed by atoms with Crippen LogP contribution in [0.1, 0.15) is 0 Å². The van der Waals surface area contributed by atoms with E-state index in [1.807, 2.05) is 0 Å². The number of benzene rings is 2. The van der Waals surface area contributed by atoms with Gasteiger partial charge in [0.25, 0.3) is 0 Å². The second kappa shape index (κ2) is 8.39. The average molecular weight is 354 g/mol. The van der Waals surface area contributed by atoms with E-state index in [4.69, 9.17) is 0 Å². The molecule has 2 aromatic rings. The quantitative estimate of drug-likeness (QED) is 0.836. The molecule has 0 aromatic heterocycles. The number of rotatable bonds is 6. The summed E-state index contributed by atoms with van der Waals surface area (Å²) in [5.41, 5.74) is 0.185. The van der Waals surface area contributed by atoms with Crippen molar-refractivity contribution >= 4 is 35.0 Å². The lowest BCUT2D eigenvalue weighted by molar-refractivity contribution is -0.114. The van der Waals surface area contributed by atoms with Gasteiger partial charge in [-0.1, -0.05) is 12.1 Å². The van der Waals surface area contributed by atoms with Gasteiger partial charge in [-0.25, -0.2) is 13.2 Å². The molecule has 2 amide bonds. The van der Waals surface area contributed by atoms with Crippen molar-refractivity contribution in [1.29, 1.82) is 0 Å². The molecule has 0 unspecified atom stereocenters. The van der Waals surface area contributed by atoms with Crippen molar-refractivity contribution in [1.82, 2.24) is 0 Å². The van der Waals surface area contributed by atoms with Crippen LogP contribution in [0.5, 0.6) is 0 Å². The topological polar surface area (TPSA) is 58.2 Å². The lowest BCUT2D eigenvalue weighted by Crippen LogP contribution is -2.19. The molecule has 0 heterocycles. The standard InChI is InChI=1S/C16H13F3N2O2S/c17-11-6-5-10(7-13(11)19)20-15(22)8-24-9-16(23)21-14-4-2-1-3-12(14)18/h1-7H,8-9H2,(H,20,22)(H,21,23). The minimum absolute atomic E-state index is 0.0560. The van der Waals surface area contributed by atoms with Crippen LogP contribution in [-0.2, 0) is 9.59 Å². The van der Waals surface area contributed by atoms with Crippen LogP contribution < -0.4 is 10.6 Å². The minimum Gasteiger partial charge on any atom is -0.325 e. The number of halogens is 3. The maximum absolute atomic E-state index is 13.4. The zero-order valence-electron chi connectivity index (χ0n) is 12.3. The second-order valence-corrected chi connectivity index (χ2v) is 5.68. The Morgan fingerprint density at radius 3 is 2.17 bits per heavy atom. The monoisotopic (exact) mass is 354 g/mol. The van der Waals surface area contributed by atoms with E-state index in [0.29, 0.717) is 0 Å². The Labute approximate surface area is 140 Å². The van der Waals surface area contributed by atoms with Gasteiger partial charge in [-0.05, 0) is 24.3 Å². The Balaban J connectivity index is 1.75. The lowest BCUT2D eigenvalue weighted by Gasteiger charge is -2.07. The second-order valence-electron chi connectivity index (χ2n) is 4.70. The molecule has 126 valence electrons. The summed E-state index contributed by atoms with van der Waals surface area (Å²) >= 11 is 1.01. The summed E-state index contributed by atoms with van der Waals surface area (Å²) in [6.45, 7) is 0. The summed E-state index contributed by atoms with van der Waals surface area (Å²) in [6.07, 6.45) is 0. The van der Waals surface area contributed by atoms with E-state index in [9.17, 15) is 22.8 Å². The molecule has 2 aromatic carbocycles. The van der Waals surface area contributed by atoms with Gasteiger partial charge in [0.05, 0.1) is 17.2 Å². The van der Waals surface area contributed by atoms with Gasteiger partial charge >= 0.3 is 0 Å². The van der Waals surface area contributed by atoms with Crippen molar-refractivity contribution in [3.05, 3.63) is 59.9 Å². The van der Waals surface area contributed by atoms with Crippen LogP contribution in [0.3, 0.4) is 0 Å². The largest absolute Gasteiger partial charge is 0.325 e. The molecule has 4 nitrogen and oxygen atoms in total. The highest BCUT2D eigenvalue weighted by atomic mass is 32.2. The van der Waals surface area contributed by atoms with Gasteiger partial charge in [0.15, 0.2) is 11.6 Å². The molecular formula is C16H13F3N2O2S. The Hall–Kier alpha value is -2.48. The number of carbonyl (C=O) groups is 2. The number of amides is 2. The molecule has 8 heteroatoms. The summed E-state index contributed by atoms with van der Waals surface area (Å²) in [5.74, 6) is -3.66. The first-order chi connectivity index (χ1) is 11.5. The summed E-state index contributed by atoms with van der Waals surface area (Å²) < 4.78 is 39.1. The molecule has 24 heavy (non-hydrogen) atoms. The number of hydrogen-bond acceptors (Lipinski definition) is 3. The van der Waals surface area contributed by atoms with Gasteiger partial charge in [-0.2, -0.15) is 0 Å². The third-order valence-electron chi connectivity index (χ3n) is 2.82. The van der Waals surface area contributed by atoms with Crippen LogP contribution in [0.2, 0.25) is 0 Å². The molecule has 0 atom stereocenters. The molecule has 0 aliphatic rings. The van der Waals surface area contributed by atoms with Gasteiger partial charge in [0, 0.05) is 11.8 Å². The van der Waals surface area contributed by atoms with Crippen LogP contribution in [0.4, 0.5) is 24.5 Å². The number of hydrogen-bond donors (Lipinski definition) is 2. The maximum atomic E-state index is 13.4. The SMILES string of the molecule is O=C(CSCC(=O)Nc1ccccc1F)Nc1ccc(F)c(F)c1. The Kier molecular flexibility index (Phi) is 6.25. The zero-order valence-corrected chi connectivity index (χ0v) is 13.1. The number of thioether (sulfide) groups is 1. The van der Waals surface area contributed by atoms with Gasteiger partial charge in [0.2, 0.25) is 11.8 Å². The van der Waals surface area contributed by atoms with E-state index in [2.05, 4.69) is 10.6 Å². The predicted octanol–water partition coefficient (Wildman–Crippen LogP) is 3.41. The molecule has 0 bridgehead atoms. The molecule has 0 aliphatic carbocycles. The van der Waals surface area contributed by atoms with E-state index < -0.39 is 29.3 Å². The predicted molar refractivity (Wildman–Crippen MR) is 87.3 cm³/mol. The summed E-state index contributed by atoms with van der Waals surface area (Å²) in [6, 6.07) is 8.73. The van der Waals surface area contributed by atoms with E-state index in [1.54, 1.807) is 6.07 Å². The van der Waals surface area contributed by atoms with Crippen LogP contribution in [0.15, 0.2) is 42.5 Å². The van der Waals surface area contributed by atoms with Crippen molar-refractivity contribution in [2.45, 2.75) is 0 Å². The highest BCUT2D eigenvalue weighted by Crippen LogP contribution is 2.15. The van der Waals surface area contributed by atoms with Crippen LogP contribution >= 0.6 is 11.8 Å². The minimum atomic E-state index is -1.07. The van der Waals surface area contributed by atoms with Crippen molar-refractivity contribution in [3.8, 4) is 0 Å². The number of para-hydroxylation sites is 1. The molecule has 2 rings (SSSR count). The van der Waals surface area contributed by atoms with E-state index in [1.165, 1.54) is 24.3 Å². The van der Waals surface area contributed by atoms with Crippen molar-refractivity contribution in [3.63, 3.8) is 0 Å². The number of nitrogens with one attached hydrogen (secondary N) is 2. The van der Waals surface area contributed by atoms with Gasteiger partial charge in [-0.3, -0.25) is 9.59 Å². The maximum Gasteiger partial charge on any atom is 0.234 e. The summed E-state index contributed by atoms with van der Waals surface area (Å²) in [5, 5.41) is 4.77. The van der Waals surface area contributed by atoms with Crippen LogP contribution in [-0.4, -0.2) is 23.3 Å².